The lowest BCUT2D eigenvalue weighted by molar-refractivity contribution is 0.383. The molecule has 1 aliphatic rings. The maximum Gasteiger partial charge on any atom is 0.243 e. The molecule has 0 bridgehead atoms. The summed E-state index contributed by atoms with van der Waals surface area (Å²) < 4.78 is 46.1. The molecule has 2 aromatic carbocycles. The van der Waals surface area contributed by atoms with Gasteiger partial charge in [-0.1, -0.05) is 18.2 Å². The quantitative estimate of drug-likeness (QED) is 0.667. The van der Waals surface area contributed by atoms with E-state index in [1.54, 1.807) is 36.4 Å². The van der Waals surface area contributed by atoms with Crippen molar-refractivity contribution in [2.45, 2.75) is 4.90 Å². The van der Waals surface area contributed by atoms with Gasteiger partial charge in [0.15, 0.2) is 11.6 Å². The van der Waals surface area contributed by atoms with E-state index in [2.05, 4.69) is 9.97 Å². The van der Waals surface area contributed by atoms with E-state index in [-0.39, 0.29) is 10.6 Å². The molecule has 0 N–H and O–H groups in total. The average Bonchev–Trinajstić information content (AvgIpc) is 2.73. The molecular formula is C19H19FN4O3S. The summed E-state index contributed by atoms with van der Waals surface area (Å²) in [5.74, 6) is 0.271. The van der Waals surface area contributed by atoms with E-state index in [9.17, 15) is 12.8 Å². The number of hydrogen-bond donors (Lipinski definition) is 0. The minimum atomic E-state index is -3.52. The first-order chi connectivity index (χ1) is 13.5. The summed E-state index contributed by atoms with van der Waals surface area (Å²) in [6.45, 7) is 1.61. The van der Waals surface area contributed by atoms with Gasteiger partial charge in [0.05, 0.1) is 17.5 Å². The van der Waals surface area contributed by atoms with Gasteiger partial charge >= 0.3 is 0 Å². The number of hydrogen-bond acceptors (Lipinski definition) is 6. The van der Waals surface area contributed by atoms with Crippen molar-refractivity contribution in [1.29, 1.82) is 0 Å². The number of piperazine rings is 1. The highest BCUT2D eigenvalue weighted by Crippen LogP contribution is 2.30. The molecule has 9 heteroatoms. The van der Waals surface area contributed by atoms with Gasteiger partial charge in [0.1, 0.15) is 12.1 Å². The molecule has 3 aromatic rings. The van der Waals surface area contributed by atoms with Crippen molar-refractivity contribution in [1.82, 2.24) is 14.3 Å². The molecule has 146 valence electrons. The van der Waals surface area contributed by atoms with Gasteiger partial charge < -0.3 is 9.64 Å². The summed E-state index contributed by atoms with van der Waals surface area (Å²) in [4.78, 5) is 10.7. The smallest absolute Gasteiger partial charge is 0.243 e. The van der Waals surface area contributed by atoms with Gasteiger partial charge in [-0.2, -0.15) is 4.31 Å². The molecule has 0 unspecified atom stereocenters. The van der Waals surface area contributed by atoms with Crippen LogP contribution in [0.2, 0.25) is 0 Å². The van der Waals surface area contributed by atoms with Gasteiger partial charge in [0, 0.05) is 37.6 Å². The second kappa shape index (κ2) is 7.33. The van der Waals surface area contributed by atoms with Crippen molar-refractivity contribution in [2.75, 3.05) is 38.2 Å². The molecule has 0 amide bonds. The summed E-state index contributed by atoms with van der Waals surface area (Å²) >= 11 is 0. The Balaban J connectivity index is 1.59. The Hall–Kier alpha value is -2.78. The molecule has 2 heterocycles. The average molecular weight is 402 g/mol. The highest BCUT2D eigenvalue weighted by molar-refractivity contribution is 7.89. The Kier molecular flexibility index (Phi) is 4.86. The lowest BCUT2D eigenvalue weighted by atomic mass is 10.2. The standard InChI is InChI=1S/C19H19FN4O3S/c1-27-18-11-15-17(12-16(18)20)21-13-22-19(15)23-7-9-24(10-8-23)28(25,26)14-5-3-2-4-6-14/h2-6,11-13H,7-10H2,1H3. The van der Waals surface area contributed by atoms with Crippen LogP contribution >= 0.6 is 0 Å². The third-order valence-electron chi connectivity index (χ3n) is 4.81. The van der Waals surface area contributed by atoms with Crippen LogP contribution in [0.1, 0.15) is 0 Å². The van der Waals surface area contributed by atoms with Crippen LogP contribution in [-0.2, 0) is 10.0 Å². The van der Waals surface area contributed by atoms with Crippen molar-refractivity contribution in [3.8, 4) is 5.75 Å². The second-order valence-electron chi connectivity index (χ2n) is 6.41. The summed E-state index contributed by atoms with van der Waals surface area (Å²) in [6.07, 6.45) is 1.39. The lowest BCUT2D eigenvalue weighted by Gasteiger charge is -2.35. The molecule has 1 aliphatic heterocycles. The topological polar surface area (TPSA) is 75.6 Å². The van der Waals surface area contributed by atoms with Crippen LogP contribution in [-0.4, -0.2) is 56.0 Å². The fraction of sp³-hybridized carbons (Fsp3) is 0.263. The largest absolute Gasteiger partial charge is 0.494 e. The summed E-state index contributed by atoms with van der Waals surface area (Å²) in [5, 5.41) is 0.667. The molecule has 1 fully saturated rings. The summed E-state index contributed by atoms with van der Waals surface area (Å²) in [5.41, 5.74) is 0.475. The van der Waals surface area contributed by atoms with Crippen LogP contribution < -0.4 is 9.64 Å². The van der Waals surface area contributed by atoms with Crippen LogP contribution in [0, 0.1) is 5.82 Å². The summed E-state index contributed by atoms with van der Waals surface area (Å²) in [6, 6.07) is 11.3. The third-order valence-corrected chi connectivity index (χ3v) is 6.72. The van der Waals surface area contributed by atoms with E-state index in [1.807, 2.05) is 4.90 Å². The maximum atomic E-state index is 14.0. The highest BCUT2D eigenvalue weighted by Gasteiger charge is 2.29. The number of sulfonamides is 1. The van der Waals surface area contributed by atoms with Crippen LogP contribution in [0.25, 0.3) is 10.9 Å². The number of halogens is 1. The Morgan fingerprint density at radius 2 is 1.75 bits per heavy atom. The zero-order valence-electron chi connectivity index (χ0n) is 15.2. The first-order valence-corrected chi connectivity index (χ1v) is 10.2. The number of methoxy groups -OCH3 is 1. The van der Waals surface area contributed by atoms with E-state index >= 15 is 0 Å². The van der Waals surface area contributed by atoms with Gasteiger partial charge in [-0.25, -0.2) is 22.8 Å². The van der Waals surface area contributed by atoms with E-state index < -0.39 is 15.8 Å². The number of fused-ring (bicyclic) bond motifs is 1. The van der Waals surface area contributed by atoms with Crippen molar-refractivity contribution in [3.05, 3.63) is 54.6 Å². The molecule has 1 saturated heterocycles. The zero-order valence-corrected chi connectivity index (χ0v) is 16.1. The van der Waals surface area contributed by atoms with Gasteiger partial charge in [0.2, 0.25) is 10.0 Å². The molecule has 0 atom stereocenters. The Morgan fingerprint density at radius 3 is 2.43 bits per heavy atom. The van der Waals surface area contributed by atoms with E-state index in [1.165, 1.54) is 23.8 Å². The van der Waals surface area contributed by atoms with Crippen molar-refractivity contribution in [3.63, 3.8) is 0 Å². The van der Waals surface area contributed by atoms with Gasteiger partial charge in [-0.05, 0) is 18.2 Å². The van der Waals surface area contributed by atoms with Gasteiger partial charge in [-0.15, -0.1) is 0 Å². The van der Waals surface area contributed by atoms with E-state index in [0.717, 1.165) is 0 Å². The Labute approximate surface area is 162 Å². The molecular weight excluding hydrogens is 383 g/mol. The van der Waals surface area contributed by atoms with Crippen LogP contribution in [0.5, 0.6) is 5.75 Å². The summed E-state index contributed by atoms with van der Waals surface area (Å²) in [7, 11) is -2.12. The van der Waals surface area contributed by atoms with Gasteiger partial charge in [-0.3, -0.25) is 0 Å². The van der Waals surface area contributed by atoms with Gasteiger partial charge in [0.25, 0.3) is 0 Å². The molecule has 0 radical (unpaired) electrons. The number of nitrogens with zero attached hydrogens (tertiary/aromatic N) is 4. The zero-order chi connectivity index (χ0) is 19.7. The Morgan fingerprint density at radius 1 is 1.04 bits per heavy atom. The molecule has 0 saturated carbocycles. The maximum absolute atomic E-state index is 14.0. The number of ether oxygens (including phenoxy) is 1. The van der Waals surface area contributed by atoms with E-state index in [0.29, 0.717) is 42.9 Å². The van der Waals surface area contributed by atoms with Crippen LogP contribution in [0.3, 0.4) is 0 Å². The number of anilines is 1. The number of rotatable bonds is 4. The number of aromatic nitrogens is 2. The third kappa shape index (κ3) is 3.27. The van der Waals surface area contributed by atoms with Crippen molar-refractivity contribution >= 4 is 26.7 Å². The normalized spacial score (nSPS) is 15.7. The van der Waals surface area contributed by atoms with E-state index in [4.69, 9.17) is 4.74 Å². The molecule has 0 aliphatic carbocycles. The molecule has 1 aromatic heterocycles. The molecule has 7 nitrogen and oxygen atoms in total. The molecule has 0 spiro atoms. The number of benzene rings is 2. The first-order valence-electron chi connectivity index (χ1n) is 8.79. The minimum absolute atomic E-state index is 0.119. The SMILES string of the molecule is COc1cc2c(N3CCN(S(=O)(=O)c4ccccc4)CC3)ncnc2cc1F. The minimum Gasteiger partial charge on any atom is -0.494 e. The molecule has 28 heavy (non-hydrogen) atoms. The van der Waals surface area contributed by atoms with Crippen LogP contribution in [0.4, 0.5) is 10.2 Å². The monoisotopic (exact) mass is 402 g/mol. The van der Waals surface area contributed by atoms with Crippen LogP contribution in [0.15, 0.2) is 53.7 Å². The predicted octanol–water partition coefficient (Wildman–Crippen LogP) is 2.29. The van der Waals surface area contributed by atoms with Crippen molar-refractivity contribution in [2.24, 2.45) is 0 Å². The molecule has 4 rings (SSSR count). The highest BCUT2D eigenvalue weighted by atomic mass is 32.2. The Bertz CT molecular complexity index is 1100. The first kappa shape index (κ1) is 18.6. The lowest BCUT2D eigenvalue weighted by Crippen LogP contribution is -2.49. The predicted molar refractivity (Wildman–Crippen MR) is 103 cm³/mol. The fourth-order valence-corrected chi connectivity index (χ4v) is 4.78. The van der Waals surface area contributed by atoms with Crippen molar-refractivity contribution < 1.29 is 17.5 Å². The second-order valence-corrected chi connectivity index (χ2v) is 8.34. The fourth-order valence-electron chi connectivity index (χ4n) is 3.33.